The fourth-order valence-corrected chi connectivity index (χ4v) is 3.90. The molecule has 1 atom stereocenters. The smallest absolute Gasteiger partial charge is 0.256 e. The second-order valence-corrected chi connectivity index (χ2v) is 7.67. The van der Waals surface area contributed by atoms with E-state index in [1.54, 1.807) is 0 Å². The molecule has 1 amide bonds. The lowest BCUT2D eigenvalue weighted by atomic mass is 9.93. The lowest BCUT2D eigenvalue weighted by molar-refractivity contribution is -0.172. The fourth-order valence-electron chi connectivity index (χ4n) is 3.78. The van der Waals surface area contributed by atoms with E-state index in [-0.39, 0.29) is 11.9 Å². The Balaban J connectivity index is 1.75. The van der Waals surface area contributed by atoms with Gasteiger partial charge in [-0.2, -0.15) is 0 Å². The van der Waals surface area contributed by atoms with E-state index < -0.39 is 5.60 Å². The Morgan fingerprint density at radius 2 is 1.96 bits per heavy atom. The maximum absolute atomic E-state index is 13.2. The van der Waals surface area contributed by atoms with E-state index in [1.807, 2.05) is 17.0 Å². The molecule has 5 heteroatoms. The molecule has 2 saturated heterocycles. The number of carbonyl (C=O) groups is 1. The molecule has 0 aromatic heterocycles. The van der Waals surface area contributed by atoms with Gasteiger partial charge in [-0.1, -0.05) is 23.7 Å². The summed E-state index contributed by atoms with van der Waals surface area (Å²) in [5.74, 6) is 0.177. The van der Waals surface area contributed by atoms with Crippen LogP contribution in [0.25, 0.3) is 0 Å². The normalized spacial score (nSPS) is 26.2. The van der Waals surface area contributed by atoms with Gasteiger partial charge in [0.15, 0.2) is 5.60 Å². The van der Waals surface area contributed by atoms with Crippen LogP contribution in [0.2, 0.25) is 5.02 Å². The number of carbonyl (C=O) groups excluding carboxylic acids is 1. The molecule has 1 aromatic carbocycles. The zero-order chi connectivity index (χ0) is 17.2. The Morgan fingerprint density at radius 3 is 2.67 bits per heavy atom. The summed E-state index contributed by atoms with van der Waals surface area (Å²) in [5, 5.41) is 0.753. The summed E-state index contributed by atoms with van der Waals surface area (Å²) >= 11 is 5.97. The number of hydrogen-bond acceptors (Lipinski definition) is 3. The number of morpholine rings is 1. The predicted molar refractivity (Wildman–Crippen MR) is 96.1 cm³/mol. The first-order valence-corrected chi connectivity index (χ1v) is 9.30. The first-order chi connectivity index (χ1) is 11.5. The first kappa shape index (κ1) is 17.7. The number of amides is 1. The molecule has 2 aliphatic heterocycles. The summed E-state index contributed by atoms with van der Waals surface area (Å²) in [5.41, 5.74) is 0.559. The maximum atomic E-state index is 13.2. The van der Waals surface area contributed by atoms with E-state index in [9.17, 15) is 4.79 Å². The lowest BCUT2D eigenvalue weighted by Gasteiger charge is -2.43. The van der Waals surface area contributed by atoms with E-state index in [0.717, 1.165) is 43.9 Å². The molecule has 24 heavy (non-hydrogen) atoms. The van der Waals surface area contributed by atoms with Crippen molar-refractivity contribution in [2.75, 3.05) is 26.2 Å². The Labute approximate surface area is 149 Å². The molecule has 0 aliphatic carbocycles. The summed E-state index contributed by atoms with van der Waals surface area (Å²) in [6.07, 6.45) is 2.93. The van der Waals surface area contributed by atoms with Gasteiger partial charge in [-0.05, 0) is 50.8 Å². The Kier molecular flexibility index (Phi) is 5.48. The standard InChI is InChI=1S/C19H27ClN2O2/c1-15(2)22-10-4-3-9-19(18(22)23)14-21(11-12-24-19)13-16-5-7-17(20)8-6-16/h5-8,15H,3-4,9-14H2,1-2H3. The highest BCUT2D eigenvalue weighted by Crippen LogP contribution is 2.31. The van der Waals surface area contributed by atoms with Gasteiger partial charge in [0, 0.05) is 37.2 Å². The molecule has 2 heterocycles. The number of nitrogens with zero attached hydrogens (tertiary/aromatic N) is 2. The molecule has 0 saturated carbocycles. The number of rotatable bonds is 3. The zero-order valence-electron chi connectivity index (χ0n) is 14.6. The number of likely N-dealkylation sites (tertiary alicyclic amines) is 1. The monoisotopic (exact) mass is 350 g/mol. The van der Waals surface area contributed by atoms with Crippen molar-refractivity contribution < 1.29 is 9.53 Å². The summed E-state index contributed by atoms with van der Waals surface area (Å²) in [7, 11) is 0. The van der Waals surface area contributed by atoms with Crippen molar-refractivity contribution >= 4 is 17.5 Å². The molecule has 132 valence electrons. The minimum Gasteiger partial charge on any atom is -0.362 e. The van der Waals surface area contributed by atoms with Gasteiger partial charge in [0.05, 0.1) is 6.61 Å². The summed E-state index contributed by atoms with van der Waals surface area (Å²) < 4.78 is 6.11. The fraction of sp³-hybridized carbons (Fsp3) is 0.632. The van der Waals surface area contributed by atoms with Crippen LogP contribution in [0.1, 0.15) is 38.7 Å². The molecule has 3 rings (SSSR count). The van der Waals surface area contributed by atoms with Crippen LogP contribution in [0.5, 0.6) is 0 Å². The van der Waals surface area contributed by atoms with Gasteiger partial charge in [-0.15, -0.1) is 0 Å². The maximum Gasteiger partial charge on any atom is 0.256 e. The third-order valence-corrected chi connectivity index (χ3v) is 5.34. The van der Waals surface area contributed by atoms with Gasteiger partial charge in [0.2, 0.25) is 0 Å². The summed E-state index contributed by atoms with van der Waals surface area (Å²) in [4.78, 5) is 17.5. The third-order valence-electron chi connectivity index (χ3n) is 5.09. The van der Waals surface area contributed by atoms with Crippen LogP contribution in [0.15, 0.2) is 24.3 Å². The topological polar surface area (TPSA) is 32.8 Å². The van der Waals surface area contributed by atoms with Crippen molar-refractivity contribution in [2.45, 2.75) is 51.3 Å². The van der Waals surface area contributed by atoms with E-state index >= 15 is 0 Å². The second kappa shape index (κ2) is 7.42. The second-order valence-electron chi connectivity index (χ2n) is 7.23. The lowest BCUT2D eigenvalue weighted by Crippen LogP contribution is -2.60. The minimum absolute atomic E-state index is 0.177. The predicted octanol–water partition coefficient (Wildman–Crippen LogP) is 3.33. The van der Waals surface area contributed by atoms with Crippen LogP contribution >= 0.6 is 11.6 Å². The van der Waals surface area contributed by atoms with Crippen LogP contribution in [-0.4, -0.2) is 53.6 Å². The molecule has 0 N–H and O–H groups in total. The van der Waals surface area contributed by atoms with Crippen LogP contribution in [-0.2, 0) is 16.1 Å². The molecular formula is C19H27ClN2O2. The van der Waals surface area contributed by atoms with Gasteiger partial charge in [-0.3, -0.25) is 9.69 Å². The van der Waals surface area contributed by atoms with Gasteiger partial charge >= 0.3 is 0 Å². The van der Waals surface area contributed by atoms with Crippen molar-refractivity contribution in [3.8, 4) is 0 Å². The van der Waals surface area contributed by atoms with E-state index in [4.69, 9.17) is 16.3 Å². The molecule has 1 unspecified atom stereocenters. The van der Waals surface area contributed by atoms with E-state index in [0.29, 0.717) is 13.2 Å². The SMILES string of the molecule is CC(C)N1CCCCC2(CN(Cc3ccc(Cl)cc3)CCO2)C1=O. The molecule has 0 radical (unpaired) electrons. The van der Waals surface area contributed by atoms with Gasteiger partial charge < -0.3 is 9.64 Å². The Morgan fingerprint density at radius 1 is 1.21 bits per heavy atom. The first-order valence-electron chi connectivity index (χ1n) is 8.92. The van der Waals surface area contributed by atoms with Crippen LogP contribution in [0.4, 0.5) is 0 Å². The van der Waals surface area contributed by atoms with Crippen molar-refractivity contribution in [1.82, 2.24) is 9.80 Å². The highest BCUT2D eigenvalue weighted by atomic mass is 35.5. The molecule has 1 aromatic rings. The van der Waals surface area contributed by atoms with E-state index in [2.05, 4.69) is 30.9 Å². The van der Waals surface area contributed by atoms with Crippen molar-refractivity contribution in [3.63, 3.8) is 0 Å². The van der Waals surface area contributed by atoms with Crippen LogP contribution in [0, 0.1) is 0 Å². The number of ether oxygens (including phenoxy) is 1. The van der Waals surface area contributed by atoms with Crippen molar-refractivity contribution in [1.29, 1.82) is 0 Å². The largest absolute Gasteiger partial charge is 0.362 e. The molecule has 2 aliphatic rings. The number of hydrogen-bond donors (Lipinski definition) is 0. The van der Waals surface area contributed by atoms with E-state index in [1.165, 1.54) is 5.56 Å². The van der Waals surface area contributed by atoms with Crippen molar-refractivity contribution in [2.24, 2.45) is 0 Å². The summed E-state index contributed by atoms with van der Waals surface area (Å²) in [6, 6.07) is 8.18. The van der Waals surface area contributed by atoms with Crippen LogP contribution < -0.4 is 0 Å². The number of halogens is 1. The quantitative estimate of drug-likeness (QED) is 0.838. The van der Waals surface area contributed by atoms with Gasteiger partial charge in [-0.25, -0.2) is 0 Å². The number of benzene rings is 1. The Hall–Kier alpha value is -1.10. The highest BCUT2D eigenvalue weighted by Gasteiger charge is 2.47. The third kappa shape index (κ3) is 3.76. The Bertz CT molecular complexity index is 575. The zero-order valence-corrected chi connectivity index (χ0v) is 15.4. The molecule has 1 spiro atoms. The van der Waals surface area contributed by atoms with Crippen LogP contribution in [0.3, 0.4) is 0 Å². The molecule has 0 bridgehead atoms. The van der Waals surface area contributed by atoms with Gasteiger partial charge in [0.25, 0.3) is 5.91 Å². The summed E-state index contributed by atoms with van der Waals surface area (Å²) in [6.45, 7) is 8.01. The molecule has 4 nitrogen and oxygen atoms in total. The highest BCUT2D eigenvalue weighted by molar-refractivity contribution is 6.30. The average Bonchev–Trinajstić information content (AvgIpc) is 2.70. The van der Waals surface area contributed by atoms with Gasteiger partial charge in [0.1, 0.15) is 0 Å². The van der Waals surface area contributed by atoms with Crippen molar-refractivity contribution in [3.05, 3.63) is 34.9 Å². The molecular weight excluding hydrogens is 324 g/mol. The average molecular weight is 351 g/mol. The molecule has 2 fully saturated rings. The minimum atomic E-state index is -0.661.